The van der Waals surface area contributed by atoms with Crippen LogP contribution in [0.2, 0.25) is 0 Å². The van der Waals surface area contributed by atoms with Gasteiger partial charge in [0, 0.05) is 30.9 Å². The number of aromatic nitrogens is 2. The van der Waals surface area contributed by atoms with Crippen molar-refractivity contribution in [1.29, 1.82) is 0 Å². The minimum Gasteiger partial charge on any atom is -0.391 e. The third kappa shape index (κ3) is 3.67. The Labute approximate surface area is 129 Å². The van der Waals surface area contributed by atoms with Crippen LogP contribution in [0.25, 0.3) is 0 Å². The molecule has 0 amide bonds. The fraction of sp³-hybridized carbons (Fsp3) is 0.824. The molecule has 1 aliphatic rings. The Morgan fingerprint density at radius 1 is 1.29 bits per heavy atom. The van der Waals surface area contributed by atoms with E-state index >= 15 is 0 Å². The molecule has 1 fully saturated rings. The van der Waals surface area contributed by atoms with Crippen LogP contribution in [-0.4, -0.2) is 44.3 Å². The quantitative estimate of drug-likeness (QED) is 0.840. The molecule has 1 aromatic heterocycles. The summed E-state index contributed by atoms with van der Waals surface area (Å²) >= 11 is 0. The Bertz CT molecular complexity index is 425. The number of hydrogen-bond acceptors (Lipinski definition) is 3. The first-order valence-electron chi connectivity index (χ1n) is 8.55. The van der Waals surface area contributed by atoms with E-state index in [0.717, 1.165) is 38.3 Å². The lowest BCUT2D eigenvalue weighted by atomic mass is 9.85. The third-order valence-electron chi connectivity index (χ3n) is 5.15. The van der Waals surface area contributed by atoms with Crippen molar-refractivity contribution in [2.75, 3.05) is 13.1 Å². The van der Waals surface area contributed by atoms with Crippen LogP contribution in [0.1, 0.15) is 58.7 Å². The summed E-state index contributed by atoms with van der Waals surface area (Å²) in [5, 5.41) is 10.9. The maximum Gasteiger partial charge on any atom is 0.111 e. The Morgan fingerprint density at radius 3 is 2.62 bits per heavy atom. The molecule has 21 heavy (non-hydrogen) atoms. The van der Waals surface area contributed by atoms with Crippen LogP contribution >= 0.6 is 0 Å². The van der Waals surface area contributed by atoms with Crippen molar-refractivity contribution in [2.24, 2.45) is 0 Å². The molecule has 0 radical (unpaired) electrons. The van der Waals surface area contributed by atoms with Crippen LogP contribution in [0.3, 0.4) is 0 Å². The lowest BCUT2D eigenvalue weighted by molar-refractivity contribution is -0.0340. The smallest absolute Gasteiger partial charge is 0.111 e. The summed E-state index contributed by atoms with van der Waals surface area (Å²) in [5.41, 5.74) is -0.136. The zero-order valence-electron chi connectivity index (χ0n) is 13.9. The van der Waals surface area contributed by atoms with Gasteiger partial charge in [-0.15, -0.1) is 0 Å². The van der Waals surface area contributed by atoms with E-state index in [1.807, 2.05) is 12.4 Å². The van der Waals surface area contributed by atoms with E-state index in [1.54, 1.807) is 0 Å². The highest BCUT2D eigenvalue weighted by Crippen LogP contribution is 2.29. The summed E-state index contributed by atoms with van der Waals surface area (Å²) in [6.45, 7) is 9.79. The maximum atomic E-state index is 10.9. The molecule has 0 saturated carbocycles. The molecule has 4 heteroatoms. The SMILES string of the molecule is CCCn1ccnc1CC(O)C(C)(CC)N1CCCCC1. The monoisotopic (exact) mass is 293 g/mol. The number of imidazole rings is 1. The molecule has 0 bridgehead atoms. The van der Waals surface area contributed by atoms with Crippen LogP contribution in [0.5, 0.6) is 0 Å². The molecule has 0 aliphatic carbocycles. The average molecular weight is 293 g/mol. The second-order valence-corrected chi connectivity index (χ2v) is 6.52. The standard InChI is InChI=1S/C17H31N3O/c1-4-10-19-13-9-18-16(19)14-15(21)17(3,5-2)20-11-7-6-8-12-20/h9,13,15,21H,4-8,10-12,14H2,1-3H3. The maximum absolute atomic E-state index is 10.9. The molecular weight excluding hydrogens is 262 g/mol. The fourth-order valence-corrected chi connectivity index (χ4v) is 3.44. The fourth-order valence-electron chi connectivity index (χ4n) is 3.44. The van der Waals surface area contributed by atoms with Gasteiger partial charge in [0.05, 0.1) is 6.10 Å². The summed E-state index contributed by atoms with van der Waals surface area (Å²) in [5.74, 6) is 1.01. The third-order valence-corrected chi connectivity index (χ3v) is 5.15. The Morgan fingerprint density at radius 2 is 2.00 bits per heavy atom. The Hall–Kier alpha value is -0.870. The topological polar surface area (TPSA) is 41.3 Å². The minimum atomic E-state index is -0.362. The van der Waals surface area contributed by atoms with Gasteiger partial charge in [0.2, 0.25) is 0 Å². The van der Waals surface area contributed by atoms with E-state index in [-0.39, 0.29) is 11.6 Å². The van der Waals surface area contributed by atoms with E-state index in [2.05, 4.69) is 35.2 Å². The first-order chi connectivity index (χ1) is 10.1. The number of aryl methyl sites for hydroxylation is 1. The van der Waals surface area contributed by atoms with Crippen molar-refractivity contribution in [2.45, 2.75) is 77.5 Å². The van der Waals surface area contributed by atoms with Gasteiger partial charge in [-0.3, -0.25) is 4.90 Å². The average Bonchev–Trinajstić information content (AvgIpc) is 2.95. The van der Waals surface area contributed by atoms with Gasteiger partial charge in [0.15, 0.2) is 0 Å². The van der Waals surface area contributed by atoms with Gasteiger partial charge in [-0.2, -0.15) is 0 Å². The van der Waals surface area contributed by atoms with E-state index in [1.165, 1.54) is 19.3 Å². The first-order valence-corrected chi connectivity index (χ1v) is 8.55. The summed E-state index contributed by atoms with van der Waals surface area (Å²) in [6.07, 6.45) is 10.1. The summed E-state index contributed by atoms with van der Waals surface area (Å²) in [4.78, 5) is 6.95. The highest BCUT2D eigenvalue weighted by atomic mass is 16.3. The van der Waals surface area contributed by atoms with Gasteiger partial charge in [-0.05, 0) is 45.7 Å². The van der Waals surface area contributed by atoms with Crippen molar-refractivity contribution in [1.82, 2.24) is 14.5 Å². The van der Waals surface area contributed by atoms with Crippen molar-refractivity contribution in [3.8, 4) is 0 Å². The van der Waals surface area contributed by atoms with Crippen LogP contribution in [0.15, 0.2) is 12.4 Å². The molecule has 120 valence electrons. The molecule has 1 N–H and O–H groups in total. The molecule has 2 atom stereocenters. The van der Waals surface area contributed by atoms with Crippen molar-refractivity contribution >= 4 is 0 Å². The molecule has 1 aromatic rings. The second-order valence-electron chi connectivity index (χ2n) is 6.52. The zero-order chi connectivity index (χ0) is 15.3. The number of likely N-dealkylation sites (tertiary alicyclic amines) is 1. The highest BCUT2D eigenvalue weighted by molar-refractivity contribution is 5.01. The zero-order valence-corrected chi connectivity index (χ0v) is 13.9. The highest BCUT2D eigenvalue weighted by Gasteiger charge is 2.38. The molecule has 0 aromatic carbocycles. The number of hydrogen-bond donors (Lipinski definition) is 1. The van der Waals surface area contributed by atoms with Gasteiger partial charge in [-0.25, -0.2) is 4.98 Å². The molecule has 2 heterocycles. The summed E-state index contributed by atoms with van der Waals surface area (Å²) in [6, 6.07) is 0. The number of nitrogens with zero attached hydrogens (tertiary/aromatic N) is 3. The largest absolute Gasteiger partial charge is 0.391 e. The van der Waals surface area contributed by atoms with Crippen molar-refractivity contribution < 1.29 is 5.11 Å². The lowest BCUT2D eigenvalue weighted by Crippen LogP contribution is -2.56. The Kier molecular flexibility index (Phi) is 5.82. The van der Waals surface area contributed by atoms with Crippen molar-refractivity contribution in [3.05, 3.63) is 18.2 Å². The summed E-state index contributed by atoms with van der Waals surface area (Å²) in [7, 11) is 0. The predicted molar refractivity (Wildman–Crippen MR) is 86.3 cm³/mol. The molecule has 1 aliphatic heterocycles. The van der Waals surface area contributed by atoms with Crippen LogP contribution in [0, 0.1) is 0 Å². The first kappa shape index (κ1) is 16.5. The van der Waals surface area contributed by atoms with Crippen LogP contribution in [0.4, 0.5) is 0 Å². The van der Waals surface area contributed by atoms with E-state index in [9.17, 15) is 5.11 Å². The van der Waals surface area contributed by atoms with E-state index < -0.39 is 0 Å². The van der Waals surface area contributed by atoms with Crippen LogP contribution < -0.4 is 0 Å². The van der Waals surface area contributed by atoms with Crippen molar-refractivity contribution in [3.63, 3.8) is 0 Å². The van der Waals surface area contributed by atoms with Gasteiger partial charge in [-0.1, -0.05) is 20.3 Å². The molecule has 4 nitrogen and oxygen atoms in total. The molecule has 1 saturated heterocycles. The van der Waals surface area contributed by atoms with Gasteiger partial charge < -0.3 is 9.67 Å². The number of piperidine rings is 1. The number of aliphatic hydroxyl groups excluding tert-OH is 1. The van der Waals surface area contributed by atoms with E-state index in [0.29, 0.717) is 6.42 Å². The summed E-state index contributed by atoms with van der Waals surface area (Å²) < 4.78 is 2.18. The predicted octanol–water partition coefficient (Wildman–Crippen LogP) is 2.85. The molecule has 2 unspecified atom stereocenters. The molecule has 2 rings (SSSR count). The normalized spacial score (nSPS) is 21.1. The van der Waals surface area contributed by atoms with Crippen LogP contribution in [-0.2, 0) is 13.0 Å². The molecular formula is C17H31N3O. The minimum absolute atomic E-state index is 0.136. The Balaban J connectivity index is 2.08. The van der Waals surface area contributed by atoms with Gasteiger partial charge in [0.25, 0.3) is 0 Å². The molecule has 0 spiro atoms. The van der Waals surface area contributed by atoms with Gasteiger partial charge in [0.1, 0.15) is 5.82 Å². The number of aliphatic hydroxyl groups is 1. The number of rotatable bonds is 7. The van der Waals surface area contributed by atoms with Gasteiger partial charge >= 0.3 is 0 Å². The lowest BCUT2D eigenvalue weighted by Gasteiger charge is -2.46. The van der Waals surface area contributed by atoms with E-state index in [4.69, 9.17) is 0 Å². The second kappa shape index (κ2) is 7.41.